The summed E-state index contributed by atoms with van der Waals surface area (Å²) in [6.07, 6.45) is 1.19. The summed E-state index contributed by atoms with van der Waals surface area (Å²) in [4.78, 5) is 16.8. The van der Waals surface area contributed by atoms with E-state index in [2.05, 4.69) is 9.97 Å². The van der Waals surface area contributed by atoms with Crippen molar-refractivity contribution in [3.8, 4) is 6.01 Å². The molecule has 0 aliphatic rings. The first-order valence-corrected chi connectivity index (χ1v) is 2.50. The van der Waals surface area contributed by atoms with Gasteiger partial charge >= 0.3 is 6.01 Å². The van der Waals surface area contributed by atoms with Crippen LogP contribution in [0.15, 0.2) is 12.3 Å². The first kappa shape index (κ1) is 6.47. The van der Waals surface area contributed by atoms with Gasteiger partial charge in [-0.25, -0.2) is 10.1 Å². The summed E-state index contributed by atoms with van der Waals surface area (Å²) in [7, 11) is 0. The third-order valence-electron chi connectivity index (χ3n) is 0.886. The quantitative estimate of drug-likeness (QED) is 0.578. The molecule has 2 N–H and O–H groups in total. The van der Waals surface area contributed by atoms with E-state index in [4.69, 9.17) is 5.73 Å². The van der Waals surface area contributed by atoms with Crippen LogP contribution in [0.4, 0.5) is 0 Å². The molecular weight excluding hydrogens is 134 g/mol. The maximum absolute atomic E-state index is 10.4. The molecule has 0 unspecified atom stereocenters. The van der Waals surface area contributed by atoms with Crippen LogP contribution < -0.4 is 5.73 Å². The van der Waals surface area contributed by atoms with E-state index in [9.17, 15) is 9.90 Å². The number of aromatic nitrogens is 2. The van der Waals surface area contributed by atoms with Crippen LogP contribution in [-0.2, 0) is 5.11 Å². The number of amides is 1. The third kappa shape index (κ3) is 1.19. The normalized spacial score (nSPS) is 9.20. The fourth-order valence-corrected chi connectivity index (χ4v) is 0.478. The lowest BCUT2D eigenvalue weighted by Gasteiger charge is -1.89. The molecule has 1 amide bonds. The summed E-state index contributed by atoms with van der Waals surface area (Å²) in [6.45, 7) is 0. The van der Waals surface area contributed by atoms with Gasteiger partial charge in [-0.15, -0.1) is 0 Å². The van der Waals surface area contributed by atoms with Crippen LogP contribution >= 0.6 is 0 Å². The van der Waals surface area contributed by atoms with Crippen LogP contribution in [0, 0.1) is 0 Å². The molecule has 0 aliphatic carbocycles. The Morgan fingerprint density at radius 2 is 2.30 bits per heavy atom. The summed E-state index contributed by atoms with van der Waals surface area (Å²) < 4.78 is 0. The van der Waals surface area contributed by atoms with Crippen molar-refractivity contribution in [1.82, 2.24) is 9.97 Å². The molecule has 1 aromatic rings. The van der Waals surface area contributed by atoms with Crippen molar-refractivity contribution >= 4 is 5.91 Å². The summed E-state index contributed by atoms with van der Waals surface area (Å²) in [5.41, 5.74) is 4.76. The Kier molecular flexibility index (Phi) is 1.49. The molecule has 0 saturated carbocycles. The minimum absolute atomic E-state index is 0.0556. The van der Waals surface area contributed by atoms with Crippen molar-refractivity contribution in [1.29, 1.82) is 0 Å². The van der Waals surface area contributed by atoms with Gasteiger partial charge in [0.1, 0.15) is 5.69 Å². The number of hydrogen-bond acceptors (Lipinski definition) is 3. The zero-order valence-electron chi connectivity index (χ0n) is 4.94. The van der Waals surface area contributed by atoms with E-state index in [-0.39, 0.29) is 5.69 Å². The molecule has 0 aliphatic heterocycles. The van der Waals surface area contributed by atoms with Gasteiger partial charge in [-0.3, -0.25) is 4.79 Å². The Morgan fingerprint density at radius 3 is 2.70 bits per heavy atom. The minimum atomic E-state index is -0.723. The van der Waals surface area contributed by atoms with Crippen molar-refractivity contribution in [3.05, 3.63) is 18.0 Å². The summed E-state index contributed by atoms with van der Waals surface area (Å²) >= 11 is 0. The van der Waals surface area contributed by atoms with Crippen molar-refractivity contribution in [3.63, 3.8) is 0 Å². The first-order valence-electron chi connectivity index (χ1n) is 2.50. The highest BCUT2D eigenvalue weighted by Gasteiger charge is 2.02. The smallest absolute Gasteiger partial charge is 0.364 e. The van der Waals surface area contributed by atoms with E-state index >= 15 is 0 Å². The number of hydrogen-bond donors (Lipinski definition) is 1. The van der Waals surface area contributed by atoms with Crippen LogP contribution in [-0.4, -0.2) is 15.9 Å². The van der Waals surface area contributed by atoms with E-state index in [0.29, 0.717) is 0 Å². The largest absolute Gasteiger partial charge is 0.367 e. The van der Waals surface area contributed by atoms with Crippen molar-refractivity contribution in [2.24, 2.45) is 5.73 Å². The Labute approximate surface area is 56.5 Å². The molecule has 1 rings (SSSR count). The second-order valence-corrected chi connectivity index (χ2v) is 1.59. The third-order valence-corrected chi connectivity index (χ3v) is 0.886. The average molecular weight is 138 g/mol. The van der Waals surface area contributed by atoms with E-state index in [1.807, 2.05) is 0 Å². The molecule has 0 spiro atoms. The lowest BCUT2D eigenvalue weighted by atomic mass is 10.4. The number of carbonyl (C=O) groups excluding carboxylic acids is 1. The van der Waals surface area contributed by atoms with Gasteiger partial charge in [0.2, 0.25) is 0 Å². The highest BCUT2D eigenvalue weighted by atomic mass is 16.3. The van der Waals surface area contributed by atoms with Crippen molar-refractivity contribution < 1.29 is 9.90 Å². The van der Waals surface area contributed by atoms with Crippen LogP contribution in [0.2, 0.25) is 0 Å². The van der Waals surface area contributed by atoms with Gasteiger partial charge in [0.15, 0.2) is 0 Å². The molecule has 0 fully saturated rings. The van der Waals surface area contributed by atoms with Gasteiger partial charge in [-0.2, -0.15) is 4.98 Å². The number of carbonyl (C=O) groups is 1. The number of primary amides is 1. The second kappa shape index (κ2) is 2.30. The zero-order valence-corrected chi connectivity index (χ0v) is 4.94. The lowest BCUT2D eigenvalue weighted by Crippen LogP contribution is -2.12. The molecule has 1 aromatic heterocycles. The summed E-state index contributed by atoms with van der Waals surface area (Å²) in [5.74, 6) is -0.723. The Morgan fingerprint density at radius 1 is 1.60 bits per heavy atom. The monoisotopic (exact) mass is 138 g/mol. The fraction of sp³-hybridized carbons (Fsp3) is 0. The Balaban J connectivity index is 3.07. The summed E-state index contributed by atoms with van der Waals surface area (Å²) in [5, 5.41) is 10.4. The average Bonchev–Trinajstić information content (AvgIpc) is 1.88. The van der Waals surface area contributed by atoms with Gasteiger partial charge in [0.25, 0.3) is 5.91 Å². The molecule has 5 nitrogen and oxygen atoms in total. The molecule has 0 saturated heterocycles. The lowest BCUT2D eigenvalue weighted by molar-refractivity contribution is 0.0993. The predicted molar refractivity (Wildman–Crippen MR) is 30.7 cm³/mol. The van der Waals surface area contributed by atoms with Gasteiger partial charge in [0.05, 0.1) is 0 Å². The highest BCUT2D eigenvalue weighted by Crippen LogP contribution is 1.98. The molecule has 1 radical (unpaired) electrons. The van der Waals surface area contributed by atoms with Crippen LogP contribution in [0.1, 0.15) is 10.5 Å². The molecule has 5 heteroatoms. The maximum atomic E-state index is 10.4. The molecule has 0 atom stereocenters. The topological polar surface area (TPSA) is 88.8 Å². The predicted octanol–water partition coefficient (Wildman–Crippen LogP) is -0.281. The maximum Gasteiger partial charge on any atom is 0.367 e. The fourth-order valence-electron chi connectivity index (χ4n) is 0.478. The Hall–Kier alpha value is -1.65. The van der Waals surface area contributed by atoms with Gasteiger partial charge in [0, 0.05) is 6.20 Å². The van der Waals surface area contributed by atoms with Gasteiger partial charge < -0.3 is 5.73 Å². The number of nitrogens with zero attached hydrogens (tertiary/aromatic N) is 2. The van der Waals surface area contributed by atoms with E-state index in [0.717, 1.165) is 0 Å². The van der Waals surface area contributed by atoms with Gasteiger partial charge in [-0.05, 0) is 6.07 Å². The van der Waals surface area contributed by atoms with Gasteiger partial charge in [-0.1, -0.05) is 0 Å². The summed E-state index contributed by atoms with van der Waals surface area (Å²) in [6, 6.07) is 0.584. The Bertz CT molecular complexity index is 261. The SMILES string of the molecule is NC(=O)c1ccnc([O])n1. The van der Waals surface area contributed by atoms with Crippen molar-refractivity contribution in [2.75, 3.05) is 0 Å². The highest BCUT2D eigenvalue weighted by molar-refractivity contribution is 5.90. The molecule has 10 heavy (non-hydrogen) atoms. The van der Waals surface area contributed by atoms with E-state index in [1.54, 1.807) is 0 Å². The molecule has 0 bridgehead atoms. The van der Waals surface area contributed by atoms with Crippen LogP contribution in [0.25, 0.3) is 0 Å². The van der Waals surface area contributed by atoms with E-state index in [1.165, 1.54) is 12.3 Å². The molecule has 0 aromatic carbocycles. The first-order chi connectivity index (χ1) is 4.70. The minimum Gasteiger partial charge on any atom is -0.364 e. The molecule has 51 valence electrons. The van der Waals surface area contributed by atoms with Crippen molar-refractivity contribution in [2.45, 2.75) is 0 Å². The molecule has 1 heterocycles. The zero-order chi connectivity index (χ0) is 7.56. The van der Waals surface area contributed by atoms with Crippen LogP contribution in [0.3, 0.4) is 0 Å². The second-order valence-electron chi connectivity index (χ2n) is 1.59. The number of rotatable bonds is 1. The number of nitrogens with two attached hydrogens (primary N) is 1. The molecular formula is C5H4N3O2. The van der Waals surface area contributed by atoms with Crippen LogP contribution in [0.5, 0.6) is 6.01 Å². The standard InChI is InChI=1S/C5H4N3O2/c6-4(9)3-1-2-7-5(10)8-3/h1-2H,(H2,6,9). The van der Waals surface area contributed by atoms with E-state index < -0.39 is 11.9 Å².